The van der Waals surface area contributed by atoms with Gasteiger partial charge in [-0.3, -0.25) is 4.98 Å². The van der Waals surface area contributed by atoms with Crippen molar-refractivity contribution in [3.05, 3.63) is 53.9 Å². The molecule has 3 nitrogen and oxygen atoms in total. The number of rotatable bonds is 5. The number of nitrogens with two attached hydrogens (primary N) is 1. The molecule has 0 radical (unpaired) electrons. The van der Waals surface area contributed by atoms with Crippen LogP contribution in [0.3, 0.4) is 0 Å². The Morgan fingerprint density at radius 2 is 2.00 bits per heavy atom. The molecule has 1 aromatic carbocycles. The average molecular weight is 286 g/mol. The number of hydrogen-bond acceptors (Lipinski definition) is 3. The molecule has 0 spiro atoms. The number of benzene rings is 1. The minimum Gasteiger partial charge on any atom is -0.455 e. The summed E-state index contributed by atoms with van der Waals surface area (Å²) in [5.74, 6) is 1.88. The van der Waals surface area contributed by atoms with Crippen LogP contribution < -0.4 is 10.5 Å². The van der Waals surface area contributed by atoms with Gasteiger partial charge in [0.15, 0.2) is 5.75 Å². The van der Waals surface area contributed by atoms with Gasteiger partial charge < -0.3 is 10.5 Å². The molecule has 0 bridgehead atoms. The van der Waals surface area contributed by atoms with Gasteiger partial charge in [-0.2, -0.15) is 0 Å². The molecule has 0 saturated heterocycles. The van der Waals surface area contributed by atoms with Crippen LogP contribution in [0.2, 0.25) is 0 Å². The van der Waals surface area contributed by atoms with Crippen molar-refractivity contribution < 1.29 is 4.74 Å². The van der Waals surface area contributed by atoms with E-state index in [1.807, 2.05) is 12.1 Å². The van der Waals surface area contributed by atoms with Crippen molar-refractivity contribution in [1.82, 2.24) is 4.98 Å². The maximum Gasteiger partial charge on any atom is 0.155 e. The lowest BCUT2D eigenvalue weighted by molar-refractivity contribution is 0.479. The summed E-state index contributed by atoms with van der Waals surface area (Å²) in [5.41, 5.74) is 7.68. The van der Waals surface area contributed by atoms with Gasteiger partial charge >= 0.3 is 0 Å². The van der Waals surface area contributed by atoms with E-state index in [-0.39, 0.29) is 0 Å². The van der Waals surface area contributed by atoms with Gasteiger partial charge in [-0.1, -0.05) is 38.2 Å². The molecule has 104 valence electrons. The summed E-state index contributed by atoms with van der Waals surface area (Å²) < 4.78 is 5.81. The molecule has 1 aromatic heterocycles. The zero-order chi connectivity index (χ0) is 14.5. The van der Waals surface area contributed by atoms with Crippen LogP contribution >= 0.6 is 12.2 Å². The zero-order valence-electron chi connectivity index (χ0n) is 11.7. The van der Waals surface area contributed by atoms with Crippen LogP contribution in [0.4, 0.5) is 0 Å². The normalized spacial score (nSPS) is 11.9. The van der Waals surface area contributed by atoms with Crippen LogP contribution in [0.5, 0.6) is 11.5 Å². The Labute approximate surface area is 124 Å². The van der Waals surface area contributed by atoms with Crippen LogP contribution in [-0.4, -0.2) is 9.97 Å². The van der Waals surface area contributed by atoms with E-state index in [0.717, 1.165) is 12.2 Å². The zero-order valence-corrected chi connectivity index (χ0v) is 12.5. The van der Waals surface area contributed by atoms with Crippen LogP contribution in [0.15, 0.2) is 42.7 Å². The largest absolute Gasteiger partial charge is 0.455 e. The first-order valence-corrected chi connectivity index (χ1v) is 7.04. The summed E-state index contributed by atoms with van der Waals surface area (Å²) in [6.45, 7) is 4.39. The first-order valence-electron chi connectivity index (χ1n) is 6.63. The Balaban J connectivity index is 2.20. The smallest absolute Gasteiger partial charge is 0.155 e. The number of nitrogens with zero attached hydrogens (tertiary/aromatic N) is 1. The van der Waals surface area contributed by atoms with E-state index in [0.29, 0.717) is 22.2 Å². The number of ether oxygens (including phenoxy) is 1. The van der Waals surface area contributed by atoms with Gasteiger partial charge in [0, 0.05) is 6.20 Å². The fourth-order valence-electron chi connectivity index (χ4n) is 1.89. The molecule has 1 atom stereocenters. The van der Waals surface area contributed by atoms with E-state index < -0.39 is 0 Å². The maximum atomic E-state index is 5.81. The molecule has 2 aromatic rings. The first kappa shape index (κ1) is 14.5. The van der Waals surface area contributed by atoms with Crippen molar-refractivity contribution in [2.24, 2.45) is 5.73 Å². The van der Waals surface area contributed by atoms with E-state index in [4.69, 9.17) is 22.7 Å². The number of aromatic nitrogens is 1. The third kappa shape index (κ3) is 3.33. The highest BCUT2D eigenvalue weighted by atomic mass is 32.1. The van der Waals surface area contributed by atoms with Crippen molar-refractivity contribution in [2.45, 2.75) is 26.2 Å². The third-order valence-corrected chi connectivity index (χ3v) is 3.56. The SMILES string of the molecule is CCC(C)c1ccc(Oc2cnccc2C(N)=S)cc1. The molecule has 0 saturated carbocycles. The van der Waals surface area contributed by atoms with Crippen LogP contribution in [0.25, 0.3) is 0 Å². The summed E-state index contributed by atoms with van der Waals surface area (Å²) in [5, 5.41) is 0. The van der Waals surface area contributed by atoms with Gasteiger partial charge in [0.05, 0.1) is 11.8 Å². The summed E-state index contributed by atoms with van der Waals surface area (Å²) in [6, 6.07) is 9.83. The van der Waals surface area contributed by atoms with E-state index >= 15 is 0 Å². The summed E-state index contributed by atoms with van der Waals surface area (Å²) >= 11 is 5.01. The standard InChI is InChI=1S/C16H18N2OS/c1-3-11(2)12-4-6-13(7-5-12)19-15-10-18-9-8-14(15)16(17)20/h4-11H,3H2,1-2H3,(H2,17,20). The molecule has 0 aliphatic rings. The lowest BCUT2D eigenvalue weighted by atomic mass is 9.99. The second-order valence-electron chi connectivity index (χ2n) is 4.72. The lowest BCUT2D eigenvalue weighted by Crippen LogP contribution is -2.10. The fraction of sp³-hybridized carbons (Fsp3) is 0.250. The van der Waals surface area contributed by atoms with E-state index in [9.17, 15) is 0 Å². The molecule has 20 heavy (non-hydrogen) atoms. The molecule has 0 amide bonds. The molecule has 2 N–H and O–H groups in total. The Hall–Kier alpha value is -1.94. The Morgan fingerprint density at radius 3 is 2.60 bits per heavy atom. The summed E-state index contributed by atoms with van der Waals surface area (Å²) in [4.78, 5) is 4.35. The molecule has 1 unspecified atom stereocenters. The lowest BCUT2D eigenvalue weighted by Gasteiger charge is -2.12. The average Bonchev–Trinajstić information content (AvgIpc) is 2.47. The molecule has 0 aliphatic heterocycles. The first-order chi connectivity index (χ1) is 9.61. The highest BCUT2D eigenvalue weighted by Crippen LogP contribution is 2.26. The van der Waals surface area contributed by atoms with E-state index in [1.165, 1.54) is 5.56 Å². The van der Waals surface area contributed by atoms with E-state index in [1.54, 1.807) is 18.5 Å². The molecule has 0 fully saturated rings. The van der Waals surface area contributed by atoms with Gasteiger partial charge in [0.1, 0.15) is 10.7 Å². The van der Waals surface area contributed by atoms with Crippen molar-refractivity contribution in [3.63, 3.8) is 0 Å². The minimum absolute atomic E-state index is 0.304. The van der Waals surface area contributed by atoms with Crippen molar-refractivity contribution in [1.29, 1.82) is 0 Å². The van der Waals surface area contributed by atoms with Gasteiger partial charge in [-0.25, -0.2) is 0 Å². The van der Waals surface area contributed by atoms with Crippen LogP contribution in [0.1, 0.15) is 37.3 Å². The van der Waals surface area contributed by atoms with Gasteiger partial charge in [0.25, 0.3) is 0 Å². The highest BCUT2D eigenvalue weighted by Gasteiger charge is 2.08. The molecular weight excluding hydrogens is 268 g/mol. The predicted octanol–water partition coefficient (Wildman–Crippen LogP) is 4.02. The second kappa shape index (κ2) is 6.48. The highest BCUT2D eigenvalue weighted by molar-refractivity contribution is 7.80. The Bertz CT molecular complexity index is 596. The van der Waals surface area contributed by atoms with Gasteiger partial charge in [-0.05, 0) is 36.1 Å². The van der Waals surface area contributed by atoms with Crippen LogP contribution in [-0.2, 0) is 0 Å². The predicted molar refractivity (Wildman–Crippen MR) is 85.3 cm³/mol. The Kier molecular flexibility index (Phi) is 4.69. The molecule has 0 aliphatic carbocycles. The second-order valence-corrected chi connectivity index (χ2v) is 5.16. The molecule has 2 rings (SSSR count). The number of pyridine rings is 1. The van der Waals surface area contributed by atoms with Crippen molar-refractivity contribution >= 4 is 17.2 Å². The third-order valence-electron chi connectivity index (χ3n) is 3.34. The quantitative estimate of drug-likeness (QED) is 0.843. The van der Waals surface area contributed by atoms with Crippen LogP contribution in [0, 0.1) is 0 Å². The Morgan fingerprint density at radius 1 is 1.30 bits per heavy atom. The monoisotopic (exact) mass is 286 g/mol. The molecule has 1 heterocycles. The van der Waals surface area contributed by atoms with Crippen molar-refractivity contribution in [3.8, 4) is 11.5 Å². The molecular formula is C16H18N2OS. The minimum atomic E-state index is 0.304. The fourth-order valence-corrected chi connectivity index (χ4v) is 2.06. The van der Waals surface area contributed by atoms with E-state index in [2.05, 4.69) is 31.0 Å². The molecule has 4 heteroatoms. The van der Waals surface area contributed by atoms with Gasteiger partial charge in [-0.15, -0.1) is 0 Å². The van der Waals surface area contributed by atoms with Gasteiger partial charge in [0.2, 0.25) is 0 Å². The maximum absolute atomic E-state index is 5.81. The summed E-state index contributed by atoms with van der Waals surface area (Å²) in [6.07, 6.45) is 4.39. The summed E-state index contributed by atoms with van der Waals surface area (Å²) in [7, 11) is 0. The number of thiocarbonyl (C=S) groups is 1. The number of hydrogen-bond donors (Lipinski definition) is 1. The topological polar surface area (TPSA) is 48.1 Å². The van der Waals surface area contributed by atoms with Crippen molar-refractivity contribution in [2.75, 3.05) is 0 Å².